The second-order valence-electron chi connectivity index (χ2n) is 11.7. The summed E-state index contributed by atoms with van der Waals surface area (Å²) in [7, 11) is 0. The molecule has 2 atom stereocenters. The Hall–Kier alpha value is -3.17. The molecule has 0 bridgehead atoms. The molecular formula is C31H42N6O3. The summed E-state index contributed by atoms with van der Waals surface area (Å²) < 4.78 is 13.5. The number of aryl methyl sites for hydroxylation is 1. The summed E-state index contributed by atoms with van der Waals surface area (Å²) in [5, 5.41) is 11.6. The number of rotatable bonds is 9. The number of anilines is 2. The predicted molar refractivity (Wildman–Crippen MR) is 157 cm³/mol. The molecule has 1 saturated carbocycles. The Kier molecular flexibility index (Phi) is 7.94. The molecule has 40 heavy (non-hydrogen) atoms. The minimum atomic E-state index is 0.00898. The molecule has 3 aliphatic rings. The van der Waals surface area contributed by atoms with E-state index in [-0.39, 0.29) is 18.0 Å². The SMILES string of the molecule is CCCC1COCC(C)N1c1cc(NCC2CCOCC2)n2ncc(-c3ccc(C(=O)NC4CC4)c(C)c3)c2n1. The van der Waals surface area contributed by atoms with Crippen LogP contribution >= 0.6 is 0 Å². The van der Waals surface area contributed by atoms with Crippen molar-refractivity contribution >= 4 is 23.2 Å². The zero-order chi connectivity index (χ0) is 27.6. The Balaban J connectivity index is 1.38. The van der Waals surface area contributed by atoms with E-state index in [9.17, 15) is 4.79 Å². The van der Waals surface area contributed by atoms with Gasteiger partial charge in [-0.25, -0.2) is 4.98 Å². The van der Waals surface area contributed by atoms with E-state index in [2.05, 4.69) is 41.5 Å². The lowest BCUT2D eigenvalue weighted by Gasteiger charge is -2.41. The maximum atomic E-state index is 12.7. The van der Waals surface area contributed by atoms with Gasteiger partial charge in [-0.15, -0.1) is 0 Å². The van der Waals surface area contributed by atoms with Gasteiger partial charge >= 0.3 is 0 Å². The third kappa shape index (κ3) is 5.67. The molecule has 1 aromatic carbocycles. The van der Waals surface area contributed by atoms with Crippen LogP contribution in [0.4, 0.5) is 11.6 Å². The molecule has 9 nitrogen and oxygen atoms in total. The minimum absolute atomic E-state index is 0.00898. The van der Waals surface area contributed by atoms with Crippen LogP contribution in [-0.2, 0) is 9.47 Å². The standard InChI is InChI=1S/C31H42N6O3/c1-4-5-25-19-40-18-21(3)36(25)29-15-28(32-16-22-10-12-39-13-11-22)37-30(35-29)27(17-33-37)23-6-9-26(20(2)14-23)31(38)34-24-7-8-24/h6,9,14-15,17,21-22,24-25,32H,4-5,7-8,10-13,16,18-19H2,1-3H3,(H,34,38). The van der Waals surface area contributed by atoms with Crippen LogP contribution in [0.2, 0.25) is 0 Å². The molecule has 0 spiro atoms. The zero-order valence-corrected chi connectivity index (χ0v) is 24.0. The molecule has 2 N–H and O–H groups in total. The molecule has 9 heteroatoms. The lowest BCUT2D eigenvalue weighted by atomic mass is 10.0. The predicted octanol–water partition coefficient (Wildman–Crippen LogP) is 4.83. The van der Waals surface area contributed by atoms with E-state index in [4.69, 9.17) is 19.6 Å². The molecule has 4 heterocycles. The maximum Gasteiger partial charge on any atom is 0.251 e. The summed E-state index contributed by atoms with van der Waals surface area (Å²) >= 11 is 0. The van der Waals surface area contributed by atoms with E-state index in [1.54, 1.807) is 0 Å². The van der Waals surface area contributed by atoms with Gasteiger partial charge in [-0.2, -0.15) is 9.61 Å². The molecule has 6 rings (SSSR count). The third-order valence-corrected chi connectivity index (χ3v) is 8.49. The fraction of sp³-hybridized carbons (Fsp3) is 0.581. The molecule has 2 aromatic heterocycles. The van der Waals surface area contributed by atoms with Crippen LogP contribution in [0.5, 0.6) is 0 Å². The van der Waals surface area contributed by atoms with Gasteiger partial charge in [-0.1, -0.05) is 25.5 Å². The Morgan fingerprint density at radius 2 is 1.93 bits per heavy atom. The van der Waals surface area contributed by atoms with Gasteiger partial charge in [0.25, 0.3) is 5.91 Å². The van der Waals surface area contributed by atoms with Gasteiger partial charge in [-0.05, 0) is 69.1 Å². The summed E-state index contributed by atoms with van der Waals surface area (Å²) in [6.45, 7) is 10.4. The number of hydrogen-bond donors (Lipinski definition) is 2. The van der Waals surface area contributed by atoms with Crippen molar-refractivity contribution in [2.24, 2.45) is 5.92 Å². The molecule has 214 valence electrons. The van der Waals surface area contributed by atoms with Crippen molar-refractivity contribution in [2.75, 3.05) is 43.2 Å². The largest absolute Gasteiger partial charge is 0.381 e. The average Bonchev–Trinajstić information content (AvgIpc) is 3.67. The molecule has 2 aliphatic heterocycles. The summed E-state index contributed by atoms with van der Waals surface area (Å²) in [4.78, 5) is 20.4. The highest BCUT2D eigenvalue weighted by Crippen LogP contribution is 2.33. The first-order valence-corrected chi connectivity index (χ1v) is 15.0. The van der Waals surface area contributed by atoms with Crippen LogP contribution in [0, 0.1) is 12.8 Å². The second-order valence-corrected chi connectivity index (χ2v) is 11.7. The van der Waals surface area contributed by atoms with Gasteiger partial charge in [0.05, 0.1) is 31.5 Å². The Labute approximate surface area is 236 Å². The molecule has 1 amide bonds. The highest BCUT2D eigenvalue weighted by molar-refractivity contribution is 5.97. The van der Waals surface area contributed by atoms with Crippen molar-refractivity contribution in [3.63, 3.8) is 0 Å². The molecule has 3 fully saturated rings. The number of ether oxygens (including phenoxy) is 2. The van der Waals surface area contributed by atoms with Gasteiger partial charge in [-0.3, -0.25) is 4.79 Å². The lowest BCUT2D eigenvalue weighted by Crippen LogP contribution is -2.51. The van der Waals surface area contributed by atoms with Crippen LogP contribution in [-0.4, -0.2) is 71.6 Å². The molecule has 2 unspecified atom stereocenters. The number of amides is 1. The van der Waals surface area contributed by atoms with Crippen molar-refractivity contribution in [1.29, 1.82) is 0 Å². The first-order valence-electron chi connectivity index (χ1n) is 15.0. The van der Waals surface area contributed by atoms with Gasteiger partial charge in [0.1, 0.15) is 11.6 Å². The van der Waals surface area contributed by atoms with E-state index < -0.39 is 0 Å². The quantitative estimate of drug-likeness (QED) is 0.397. The van der Waals surface area contributed by atoms with Crippen LogP contribution in [0.15, 0.2) is 30.5 Å². The fourth-order valence-electron chi connectivity index (χ4n) is 6.05. The van der Waals surface area contributed by atoms with Gasteiger partial charge in [0, 0.05) is 43.0 Å². The number of carbonyl (C=O) groups excluding carboxylic acids is 1. The zero-order valence-electron chi connectivity index (χ0n) is 24.0. The van der Waals surface area contributed by atoms with Crippen molar-refractivity contribution in [3.05, 3.63) is 41.6 Å². The normalized spacial score (nSPS) is 22.0. The average molecular weight is 547 g/mol. The van der Waals surface area contributed by atoms with Crippen molar-refractivity contribution in [1.82, 2.24) is 19.9 Å². The maximum absolute atomic E-state index is 12.7. The number of nitrogens with zero attached hydrogens (tertiary/aromatic N) is 4. The molecule has 3 aromatic rings. The van der Waals surface area contributed by atoms with Gasteiger partial charge in [0.2, 0.25) is 0 Å². The van der Waals surface area contributed by atoms with Crippen LogP contribution in [0.25, 0.3) is 16.8 Å². The highest BCUT2D eigenvalue weighted by atomic mass is 16.5. The monoisotopic (exact) mass is 546 g/mol. The number of benzene rings is 1. The first-order chi connectivity index (χ1) is 19.5. The van der Waals surface area contributed by atoms with Crippen molar-refractivity contribution in [2.45, 2.75) is 77.4 Å². The second kappa shape index (κ2) is 11.7. The van der Waals surface area contributed by atoms with Crippen LogP contribution in [0.3, 0.4) is 0 Å². The number of hydrogen-bond acceptors (Lipinski definition) is 7. The Morgan fingerprint density at radius 3 is 2.67 bits per heavy atom. The van der Waals surface area contributed by atoms with Crippen LogP contribution in [0.1, 0.15) is 68.3 Å². The van der Waals surface area contributed by atoms with Gasteiger partial charge < -0.3 is 25.0 Å². The molecule has 2 saturated heterocycles. The number of fused-ring (bicyclic) bond motifs is 1. The van der Waals surface area contributed by atoms with E-state index >= 15 is 0 Å². The number of nitrogens with one attached hydrogen (secondary N) is 2. The fourth-order valence-corrected chi connectivity index (χ4v) is 6.05. The summed E-state index contributed by atoms with van der Waals surface area (Å²) in [5.74, 6) is 2.48. The van der Waals surface area contributed by atoms with E-state index in [1.807, 2.05) is 29.8 Å². The summed E-state index contributed by atoms with van der Waals surface area (Å²) in [6.07, 6.45) is 8.33. The van der Waals surface area contributed by atoms with Crippen LogP contribution < -0.4 is 15.5 Å². The smallest absolute Gasteiger partial charge is 0.251 e. The van der Waals surface area contributed by atoms with Crippen molar-refractivity contribution < 1.29 is 14.3 Å². The Morgan fingerprint density at radius 1 is 1.10 bits per heavy atom. The lowest BCUT2D eigenvalue weighted by molar-refractivity contribution is 0.0680. The summed E-state index contributed by atoms with van der Waals surface area (Å²) in [6, 6.07) is 9.03. The molecule has 1 aliphatic carbocycles. The molecule has 0 radical (unpaired) electrons. The van der Waals surface area contributed by atoms with E-state index in [1.165, 1.54) is 0 Å². The number of carbonyl (C=O) groups is 1. The summed E-state index contributed by atoms with van der Waals surface area (Å²) in [5.41, 5.74) is 4.46. The number of aromatic nitrogens is 3. The highest BCUT2D eigenvalue weighted by Gasteiger charge is 2.31. The topological polar surface area (TPSA) is 93.0 Å². The van der Waals surface area contributed by atoms with E-state index in [0.29, 0.717) is 25.2 Å². The van der Waals surface area contributed by atoms with Crippen molar-refractivity contribution in [3.8, 4) is 11.1 Å². The van der Waals surface area contributed by atoms with Gasteiger partial charge in [0.15, 0.2) is 5.65 Å². The molecular weight excluding hydrogens is 504 g/mol. The number of morpholine rings is 1. The third-order valence-electron chi connectivity index (χ3n) is 8.49. The first kappa shape index (κ1) is 27.0. The Bertz CT molecular complexity index is 1340. The van der Waals surface area contributed by atoms with E-state index in [0.717, 1.165) is 97.8 Å². The minimum Gasteiger partial charge on any atom is -0.381 e.